The first-order valence-corrected chi connectivity index (χ1v) is 4.06. The summed E-state index contributed by atoms with van der Waals surface area (Å²) in [5.74, 6) is -2.93. The summed E-state index contributed by atoms with van der Waals surface area (Å²) in [7, 11) is 0. The number of carbonyl (C=O) groups excluding carboxylic acids is 1. The van der Waals surface area contributed by atoms with Crippen LogP contribution in [0.4, 0.5) is 0 Å². The maximum absolute atomic E-state index is 10.5. The molecule has 0 amide bonds. The molecule has 0 bridgehead atoms. The molecule has 0 aromatic heterocycles. The second-order valence-corrected chi connectivity index (χ2v) is 2.97. The Bertz CT molecular complexity index is 353. The zero-order valence-electron chi connectivity index (χ0n) is 7.56. The van der Waals surface area contributed by atoms with Crippen LogP contribution in [0.5, 0.6) is 0 Å². The zero-order chi connectivity index (χ0) is 10.7. The molecule has 73 valence electrons. The first-order valence-electron chi connectivity index (χ1n) is 4.06. The summed E-state index contributed by atoms with van der Waals surface area (Å²) in [6, 6.07) is 5.70. The van der Waals surface area contributed by atoms with Gasteiger partial charge in [-0.2, -0.15) is 0 Å². The van der Waals surface area contributed by atoms with Gasteiger partial charge in [0.1, 0.15) is 0 Å². The van der Waals surface area contributed by atoms with Gasteiger partial charge in [-0.25, -0.2) is 14.7 Å². The summed E-state index contributed by atoms with van der Waals surface area (Å²) < 4.78 is 0. The number of aromatic carboxylic acids is 1. The third kappa shape index (κ3) is 2.10. The Labute approximate surface area is 80.8 Å². The smallest absolute Gasteiger partial charge is 0.362 e. The van der Waals surface area contributed by atoms with Crippen molar-refractivity contribution in [3.63, 3.8) is 0 Å². The summed E-state index contributed by atoms with van der Waals surface area (Å²) >= 11 is 0. The molecule has 1 aromatic rings. The molecule has 1 rings (SSSR count). The van der Waals surface area contributed by atoms with Crippen LogP contribution in [0.1, 0.15) is 28.8 Å². The van der Waals surface area contributed by atoms with Crippen LogP contribution in [0.25, 0.3) is 0 Å². The fourth-order valence-corrected chi connectivity index (χ4v) is 1.05. The van der Waals surface area contributed by atoms with Crippen LogP contribution in [0.15, 0.2) is 24.3 Å². The third-order valence-electron chi connectivity index (χ3n) is 2.01. The molecule has 1 radical (unpaired) electrons. The van der Waals surface area contributed by atoms with Crippen LogP contribution in [-0.2, 0) is 9.90 Å². The van der Waals surface area contributed by atoms with Gasteiger partial charge >= 0.3 is 11.9 Å². The average Bonchev–Trinajstić information content (AvgIpc) is 2.16. The standard InChI is InChI=1S/C10H9O4/c1-6(9(11)12)7-2-4-8(5-3-7)10(13)14/h2-6H,1H3,(H,13,14). The molecular formula is C10H9O4. The van der Waals surface area contributed by atoms with E-state index in [4.69, 9.17) is 5.11 Å². The van der Waals surface area contributed by atoms with Crippen LogP contribution in [-0.4, -0.2) is 17.0 Å². The lowest BCUT2D eigenvalue weighted by molar-refractivity contribution is -0.144. The second kappa shape index (κ2) is 3.91. The molecule has 14 heavy (non-hydrogen) atoms. The molecule has 0 aliphatic heterocycles. The predicted molar refractivity (Wildman–Crippen MR) is 47.5 cm³/mol. The molecule has 0 aliphatic carbocycles. The second-order valence-electron chi connectivity index (χ2n) is 2.97. The molecule has 0 saturated heterocycles. The number of hydrogen-bond donors (Lipinski definition) is 1. The van der Waals surface area contributed by atoms with Gasteiger partial charge in [-0.05, 0) is 24.6 Å². The lowest BCUT2D eigenvalue weighted by Crippen LogP contribution is -2.06. The fraction of sp³-hybridized carbons (Fsp3) is 0.200. The molecule has 1 aromatic carbocycles. The zero-order valence-corrected chi connectivity index (χ0v) is 7.56. The van der Waals surface area contributed by atoms with E-state index in [9.17, 15) is 14.7 Å². The summed E-state index contributed by atoms with van der Waals surface area (Å²) in [5.41, 5.74) is 0.675. The Balaban J connectivity index is 2.94. The molecule has 1 atom stereocenters. The summed E-state index contributed by atoms with van der Waals surface area (Å²) in [4.78, 5) is 21.0. The van der Waals surface area contributed by atoms with Crippen molar-refractivity contribution in [3.05, 3.63) is 35.4 Å². The monoisotopic (exact) mass is 193 g/mol. The van der Waals surface area contributed by atoms with Gasteiger partial charge in [-0.3, -0.25) is 0 Å². The minimum Gasteiger partial charge on any atom is -0.478 e. The van der Waals surface area contributed by atoms with E-state index in [0.717, 1.165) is 0 Å². The van der Waals surface area contributed by atoms with E-state index < -0.39 is 17.9 Å². The van der Waals surface area contributed by atoms with Gasteiger partial charge in [-0.15, -0.1) is 0 Å². The first-order chi connectivity index (χ1) is 6.52. The van der Waals surface area contributed by atoms with Crippen molar-refractivity contribution < 1.29 is 19.8 Å². The summed E-state index contributed by atoms with van der Waals surface area (Å²) in [5, 5.41) is 19.1. The highest BCUT2D eigenvalue weighted by molar-refractivity contribution is 5.87. The summed E-state index contributed by atoms with van der Waals surface area (Å²) in [6.45, 7) is 1.49. The lowest BCUT2D eigenvalue weighted by Gasteiger charge is -2.04. The van der Waals surface area contributed by atoms with Gasteiger partial charge in [-0.1, -0.05) is 12.1 Å². The highest BCUT2D eigenvalue weighted by Gasteiger charge is 2.15. The molecular weight excluding hydrogens is 184 g/mol. The van der Waals surface area contributed by atoms with Crippen molar-refractivity contribution in [2.75, 3.05) is 0 Å². The number of carboxylic acids is 1. The SMILES string of the molecule is CC(C([O])=O)c1ccc(C(=O)O)cc1. The van der Waals surface area contributed by atoms with Crippen molar-refractivity contribution in [1.29, 1.82) is 0 Å². The van der Waals surface area contributed by atoms with E-state index >= 15 is 0 Å². The Kier molecular flexibility index (Phi) is 2.86. The minimum atomic E-state index is -1.17. The van der Waals surface area contributed by atoms with Gasteiger partial charge in [0.15, 0.2) is 0 Å². The van der Waals surface area contributed by atoms with Crippen molar-refractivity contribution in [3.8, 4) is 0 Å². The van der Waals surface area contributed by atoms with E-state index in [2.05, 4.69) is 0 Å². The summed E-state index contributed by atoms with van der Waals surface area (Å²) in [6.07, 6.45) is 0. The number of benzene rings is 1. The Morgan fingerprint density at radius 2 is 1.71 bits per heavy atom. The van der Waals surface area contributed by atoms with Gasteiger partial charge in [0.2, 0.25) is 0 Å². The van der Waals surface area contributed by atoms with Crippen molar-refractivity contribution in [1.82, 2.24) is 0 Å². The average molecular weight is 193 g/mol. The van der Waals surface area contributed by atoms with E-state index in [-0.39, 0.29) is 5.56 Å². The van der Waals surface area contributed by atoms with Crippen molar-refractivity contribution in [2.45, 2.75) is 12.8 Å². The van der Waals surface area contributed by atoms with Crippen LogP contribution >= 0.6 is 0 Å². The predicted octanol–water partition coefficient (Wildman–Crippen LogP) is 1.45. The van der Waals surface area contributed by atoms with Crippen molar-refractivity contribution >= 4 is 11.9 Å². The van der Waals surface area contributed by atoms with Gasteiger partial charge in [0.25, 0.3) is 0 Å². The van der Waals surface area contributed by atoms with Crippen LogP contribution < -0.4 is 0 Å². The molecule has 0 heterocycles. The van der Waals surface area contributed by atoms with E-state index in [1.807, 2.05) is 0 Å². The molecule has 0 saturated carbocycles. The molecule has 0 aliphatic rings. The molecule has 0 spiro atoms. The van der Waals surface area contributed by atoms with Gasteiger partial charge in [0, 0.05) is 0 Å². The van der Waals surface area contributed by atoms with E-state index in [1.165, 1.54) is 31.2 Å². The van der Waals surface area contributed by atoms with Crippen LogP contribution in [0, 0.1) is 0 Å². The van der Waals surface area contributed by atoms with Crippen LogP contribution in [0.2, 0.25) is 0 Å². The Hall–Kier alpha value is -1.84. The Morgan fingerprint density at radius 3 is 2.07 bits per heavy atom. The van der Waals surface area contributed by atoms with Gasteiger partial charge in [0.05, 0.1) is 11.5 Å². The molecule has 4 nitrogen and oxygen atoms in total. The number of hydrogen-bond acceptors (Lipinski definition) is 2. The van der Waals surface area contributed by atoms with Crippen molar-refractivity contribution in [2.24, 2.45) is 0 Å². The maximum Gasteiger partial charge on any atom is 0.362 e. The topological polar surface area (TPSA) is 74.3 Å². The molecule has 1 N–H and O–H groups in total. The number of carbonyl (C=O) groups is 2. The third-order valence-corrected chi connectivity index (χ3v) is 2.01. The Morgan fingerprint density at radius 1 is 1.21 bits per heavy atom. The normalized spacial score (nSPS) is 12.1. The highest BCUT2D eigenvalue weighted by Crippen LogP contribution is 2.16. The molecule has 0 fully saturated rings. The largest absolute Gasteiger partial charge is 0.478 e. The van der Waals surface area contributed by atoms with E-state index in [1.54, 1.807) is 0 Å². The molecule has 4 heteroatoms. The first kappa shape index (κ1) is 10.2. The number of rotatable bonds is 3. The fourth-order valence-electron chi connectivity index (χ4n) is 1.05. The minimum absolute atomic E-state index is 0.138. The lowest BCUT2D eigenvalue weighted by atomic mass is 10.0. The quantitative estimate of drug-likeness (QED) is 0.789. The van der Waals surface area contributed by atoms with E-state index in [0.29, 0.717) is 5.56 Å². The number of carboxylic acid groups (broad SMARTS) is 1. The highest BCUT2D eigenvalue weighted by atomic mass is 16.4. The maximum atomic E-state index is 10.5. The van der Waals surface area contributed by atoms with Crippen LogP contribution in [0.3, 0.4) is 0 Å². The van der Waals surface area contributed by atoms with Gasteiger partial charge < -0.3 is 5.11 Å². The molecule has 1 unspecified atom stereocenters.